The van der Waals surface area contributed by atoms with Crippen LogP contribution in [0.25, 0.3) is 0 Å². The minimum Gasteiger partial charge on any atom is -0.504 e. The molecule has 0 aromatic heterocycles. The second-order valence-corrected chi connectivity index (χ2v) is 9.11. The molecule has 2 bridgehead atoms. The van der Waals surface area contributed by atoms with Gasteiger partial charge in [0.1, 0.15) is 11.8 Å². The molecule has 1 aromatic carbocycles. The lowest BCUT2D eigenvalue weighted by atomic mass is 9.56. The maximum Gasteiger partial charge on any atom is 0.169 e. The van der Waals surface area contributed by atoms with Crippen LogP contribution >= 0.6 is 0 Å². The number of phenolic OH excluding ortho intramolecular Hbond substituents is 1. The van der Waals surface area contributed by atoms with Crippen molar-refractivity contribution in [3.63, 3.8) is 0 Å². The van der Waals surface area contributed by atoms with Crippen LogP contribution in [-0.2, 0) is 16.6 Å². The Balaban J connectivity index is 1.59. The first-order chi connectivity index (χ1) is 12.6. The monoisotopic (exact) mass is 352 g/mol. The van der Waals surface area contributed by atoms with Gasteiger partial charge in [0.2, 0.25) is 0 Å². The van der Waals surface area contributed by atoms with Gasteiger partial charge in [-0.3, -0.25) is 0 Å². The Morgan fingerprint density at radius 1 is 1.31 bits per heavy atom. The predicted molar refractivity (Wildman–Crippen MR) is 98.1 cm³/mol. The molecule has 2 heterocycles. The number of hydrogen-bond acceptors (Lipinski definition) is 3. The van der Waals surface area contributed by atoms with Crippen LogP contribution in [0.3, 0.4) is 0 Å². The van der Waals surface area contributed by atoms with Crippen LogP contribution in [0.1, 0.15) is 30.4 Å². The number of likely N-dealkylation sites (N-methyl/N-ethyl adjacent to an activating group) is 1. The molecule has 4 atom stereocenters. The van der Waals surface area contributed by atoms with E-state index in [4.69, 9.17) is 9.47 Å². The maximum atomic E-state index is 10.5. The molecule has 5 aliphatic rings. The fourth-order valence-electron chi connectivity index (χ4n) is 6.30. The van der Waals surface area contributed by atoms with Crippen LogP contribution in [0.4, 0.5) is 0 Å². The molecule has 1 aromatic rings. The standard InChI is InChI=1S/C22H25NO3/c1-23(12-13-3-4-13)10-9-22-15-6-8-18(25-2)21(22)26-20-17(24)7-5-14(19(20)22)11-16(15)23/h5-8,13,16,21H,3-4,9-12H2,1-2H3/p+1/t16-,21+,22+,23-/m1/s1. The van der Waals surface area contributed by atoms with Gasteiger partial charge in [0.25, 0.3) is 0 Å². The molecule has 1 N–H and O–H groups in total. The summed E-state index contributed by atoms with van der Waals surface area (Å²) in [4.78, 5) is 0. The summed E-state index contributed by atoms with van der Waals surface area (Å²) in [6.07, 6.45) is 9.20. The van der Waals surface area contributed by atoms with Crippen LogP contribution in [0.5, 0.6) is 11.5 Å². The number of nitrogens with zero attached hydrogens (tertiary/aromatic N) is 1. The van der Waals surface area contributed by atoms with Crippen molar-refractivity contribution in [1.82, 2.24) is 0 Å². The smallest absolute Gasteiger partial charge is 0.169 e. The molecule has 1 saturated heterocycles. The minimum atomic E-state index is -0.145. The third-order valence-corrected chi connectivity index (χ3v) is 7.70. The van der Waals surface area contributed by atoms with E-state index >= 15 is 0 Å². The largest absolute Gasteiger partial charge is 0.504 e. The van der Waals surface area contributed by atoms with Gasteiger partial charge in [-0.1, -0.05) is 12.1 Å². The third-order valence-electron chi connectivity index (χ3n) is 7.70. The highest BCUT2D eigenvalue weighted by molar-refractivity contribution is 5.66. The molecule has 4 heteroatoms. The van der Waals surface area contributed by atoms with E-state index in [1.165, 1.54) is 42.6 Å². The lowest BCUT2D eigenvalue weighted by molar-refractivity contribution is -0.935. The highest BCUT2D eigenvalue weighted by atomic mass is 16.5. The molecule has 3 aliphatic carbocycles. The second kappa shape index (κ2) is 4.66. The van der Waals surface area contributed by atoms with Crippen LogP contribution in [0.15, 0.2) is 35.6 Å². The molecule has 1 spiro atoms. The van der Waals surface area contributed by atoms with Crippen LogP contribution in [-0.4, -0.2) is 49.0 Å². The van der Waals surface area contributed by atoms with Crippen LogP contribution < -0.4 is 4.74 Å². The lowest BCUT2D eigenvalue weighted by Gasteiger charge is -2.57. The molecule has 0 radical (unpaired) electrons. The van der Waals surface area contributed by atoms with Crippen molar-refractivity contribution >= 4 is 0 Å². The normalized spacial score (nSPS) is 38.8. The zero-order valence-electron chi connectivity index (χ0n) is 15.5. The van der Waals surface area contributed by atoms with Gasteiger partial charge in [-0.2, -0.15) is 0 Å². The number of likely N-dealkylation sites (tertiary alicyclic amines) is 1. The molecular formula is C22H26NO3+. The number of quaternary nitrogens is 1. The van der Waals surface area contributed by atoms with E-state index in [9.17, 15) is 5.11 Å². The molecule has 136 valence electrons. The number of benzene rings is 1. The van der Waals surface area contributed by atoms with Gasteiger partial charge in [0, 0.05) is 29.9 Å². The maximum absolute atomic E-state index is 10.5. The Morgan fingerprint density at radius 3 is 2.92 bits per heavy atom. The molecular weight excluding hydrogens is 326 g/mol. The Hall–Kier alpha value is -1.94. The number of rotatable bonds is 3. The zero-order chi connectivity index (χ0) is 17.7. The summed E-state index contributed by atoms with van der Waals surface area (Å²) in [7, 11) is 4.19. The Morgan fingerprint density at radius 2 is 2.15 bits per heavy atom. The Labute approximate surface area is 154 Å². The fourth-order valence-corrected chi connectivity index (χ4v) is 6.30. The number of hydrogen-bond donors (Lipinski definition) is 1. The number of methoxy groups -OCH3 is 1. The summed E-state index contributed by atoms with van der Waals surface area (Å²) in [5, 5.41) is 10.5. The first kappa shape index (κ1) is 15.2. The van der Waals surface area contributed by atoms with E-state index in [2.05, 4.69) is 25.3 Å². The lowest BCUT2D eigenvalue weighted by Crippen LogP contribution is -2.67. The van der Waals surface area contributed by atoms with Crippen LogP contribution in [0, 0.1) is 5.92 Å². The van der Waals surface area contributed by atoms with Crippen molar-refractivity contribution in [1.29, 1.82) is 0 Å². The van der Waals surface area contributed by atoms with Crippen molar-refractivity contribution < 1.29 is 19.1 Å². The zero-order valence-corrected chi connectivity index (χ0v) is 15.5. The summed E-state index contributed by atoms with van der Waals surface area (Å²) in [6, 6.07) is 4.45. The van der Waals surface area contributed by atoms with E-state index in [1.807, 2.05) is 6.07 Å². The van der Waals surface area contributed by atoms with Crippen molar-refractivity contribution in [2.75, 3.05) is 27.2 Å². The topological polar surface area (TPSA) is 38.7 Å². The molecule has 26 heavy (non-hydrogen) atoms. The number of allylic oxidation sites excluding steroid dienone is 2. The fraction of sp³-hybridized carbons (Fsp3) is 0.545. The van der Waals surface area contributed by atoms with Gasteiger partial charge in [-0.15, -0.1) is 0 Å². The second-order valence-electron chi connectivity index (χ2n) is 9.11. The Kier molecular flexibility index (Phi) is 2.72. The predicted octanol–water partition coefficient (Wildman–Crippen LogP) is 3.05. The quantitative estimate of drug-likeness (QED) is 0.850. The average Bonchev–Trinajstić information content (AvgIpc) is 3.37. The number of aromatic hydroxyl groups is 1. The van der Waals surface area contributed by atoms with E-state index < -0.39 is 0 Å². The third kappa shape index (κ3) is 1.65. The molecule has 6 rings (SSSR count). The van der Waals surface area contributed by atoms with Gasteiger partial charge in [-0.25, -0.2) is 0 Å². The molecule has 0 amide bonds. The Bertz CT molecular complexity index is 884. The number of piperidine rings is 1. The highest BCUT2D eigenvalue weighted by Gasteiger charge is 2.66. The van der Waals surface area contributed by atoms with Crippen LogP contribution in [0.2, 0.25) is 0 Å². The summed E-state index contributed by atoms with van der Waals surface area (Å²) >= 11 is 0. The number of ether oxygens (including phenoxy) is 2. The van der Waals surface area contributed by atoms with Gasteiger partial charge in [-0.05, 0) is 30.5 Å². The van der Waals surface area contributed by atoms with Crippen molar-refractivity contribution in [2.24, 2.45) is 5.92 Å². The van der Waals surface area contributed by atoms with Crippen molar-refractivity contribution in [2.45, 2.75) is 43.2 Å². The number of phenols is 1. The molecule has 4 nitrogen and oxygen atoms in total. The average molecular weight is 352 g/mol. The van der Waals surface area contributed by atoms with Gasteiger partial charge < -0.3 is 19.1 Å². The first-order valence-corrected chi connectivity index (χ1v) is 9.89. The van der Waals surface area contributed by atoms with Gasteiger partial charge >= 0.3 is 0 Å². The summed E-state index contributed by atoms with van der Waals surface area (Å²) in [5.74, 6) is 2.76. The molecule has 0 unspecified atom stereocenters. The van der Waals surface area contributed by atoms with Gasteiger partial charge in [0.05, 0.1) is 32.7 Å². The molecule has 1 saturated carbocycles. The summed E-state index contributed by atoms with van der Waals surface area (Å²) in [5.41, 5.74) is 3.97. The summed E-state index contributed by atoms with van der Waals surface area (Å²) in [6.45, 7) is 2.47. The minimum absolute atomic E-state index is 0.132. The van der Waals surface area contributed by atoms with Crippen molar-refractivity contribution in [3.05, 3.63) is 46.7 Å². The van der Waals surface area contributed by atoms with E-state index in [1.54, 1.807) is 7.11 Å². The highest BCUT2D eigenvalue weighted by Crippen LogP contribution is 2.63. The van der Waals surface area contributed by atoms with Crippen molar-refractivity contribution in [3.8, 4) is 11.5 Å². The molecule has 2 aliphatic heterocycles. The molecule has 2 fully saturated rings. The first-order valence-electron chi connectivity index (χ1n) is 9.89. The van der Waals surface area contributed by atoms with E-state index in [0.29, 0.717) is 11.8 Å². The summed E-state index contributed by atoms with van der Waals surface area (Å²) < 4.78 is 13.2. The van der Waals surface area contributed by atoms with E-state index in [-0.39, 0.29) is 17.3 Å². The van der Waals surface area contributed by atoms with Gasteiger partial charge in [0.15, 0.2) is 17.6 Å². The SMILES string of the molecule is COC1=CC=C2[C@H]3Cc4ccc(O)c5c4[C@@]2(CC[N@+]3(C)CC2CC2)[C@H]1O5. The van der Waals surface area contributed by atoms with E-state index in [0.717, 1.165) is 29.0 Å².